The zero-order valence-electron chi connectivity index (χ0n) is 9.10. The first-order chi connectivity index (χ1) is 7.10. The summed E-state index contributed by atoms with van der Waals surface area (Å²) in [7, 11) is 0. The second kappa shape index (κ2) is 4.45. The number of allylic oxidation sites excluding steroid dienone is 1. The van der Waals surface area contributed by atoms with Crippen LogP contribution in [-0.2, 0) is 14.3 Å². The molecule has 0 aromatic rings. The molecule has 0 N–H and O–H groups in total. The lowest BCUT2D eigenvalue weighted by Crippen LogP contribution is -2.31. The average molecular weight is 208 g/mol. The maximum absolute atomic E-state index is 11.1. The van der Waals surface area contributed by atoms with Gasteiger partial charge in [-0.15, -0.1) is 6.58 Å². The molecule has 1 fully saturated rings. The van der Waals surface area contributed by atoms with Crippen molar-refractivity contribution in [3.05, 3.63) is 37.5 Å². The topological polar surface area (TPSA) is 38.8 Å². The summed E-state index contributed by atoms with van der Waals surface area (Å²) in [6.45, 7) is 10.7. The summed E-state index contributed by atoms with van der Waals surface area (Å²) in [6.07, 6.45) is 6.19. The minimum Gasteiger partial charge on any atom is -0.456 e. The number of hydrogen-bond acceptors (Lipinski definition) is 3. The number of carbonyl (C=O) groups excluding carboxylic acids is 1. The van der Waals surface area contributed by atoms with Crippen molar-refractivity contribution in [2.45, 2.75) is 31.7 Å². The van der Waals surface area contributed by atoms with Crippen molar-refractivity contribution in [2.24, 2.45) is 0 Å². The first kappa shape index (κ1) is 11.7. The Bertz CT molecular complexity index is 306. The molecule has 0 aromatic carbocycles. The van der Waals surface area contributed by atoms with Crippen molar-refractivity contribution in [3.63, 3.8) is 0 Å². The van der Waals surface area contributed by atoms with Gasteiger partial charge in [0.2, 0.25) is 0 Å². The summed E-state index contributed by atoms with van der Waals surface area (Å²) in [4.78, 5) is 11.1. The molecule has 1 rings (SSSR count). The summed E-state index contributed by atoms with van der Waals surface area (Å²) in [6, 6.07) is 0. The van der Waals surface area contributed by atoms with Gasteiger partial charge in [-0.05, 0) is 13.8 Å². The Morgan fingerprint density at radius 3 is 2.67 bits per heavy atom. The van der Waals surface area contributed by atoms with Gasteiger partial charge in [0.1, 0.15) is 12.2 Å². The molecule has 82 valence electrons. The molecule has 1 heterocycles. The van der Waals surface area contributed by atoms with Crippen LogP contribution >= 0.6 is 0 Å². The number of rotatable bonds is 5. The van der Waals surface area contributed by atoms with Crippen LogP contribution in [0.1, 0.15) is 13.8 Å². The third kappa shape index (κ3) is 2.18. The number of carbonyl (C=O) groups is 1. The van der Waals surface area contributed by atoms with E-state index in [9.17, 15) is 4.79 Å². The SMILES string of the molecule is C=CC(=O)OC(C)C1(/C=C/C)OC1C=C. The Hall–Kier alpha value is -1.35. The van der Waals surface area contributed by atoms with E-state index >= 15 is 0 Å². The van der Waals surface area contributed by atoms with Crippen LogP contribution in [0.4, 0.5) is 0 Å². The number of esters is 1. The lowest BCUT2D eigenvalue weighted by atomic mass is 9.98. The third-order valence-corrected chi connectivity index (χ3v) is 2.45. The fourth-order valence-electron chi connectivity index (χ4n) is 1.59. The van der Waals surface area contributed by atoms with E-state index in [1.165, 1.54) is 0 Å². The van der Waals surface area contributed by atoms with Gasteiger partial charge in [0.15, 0.2) is 5.60 Å². The van der Waals surface area contributed by atoms with E-state index in [-0.39, 0.29) is 12.2 Å². The van der Waals surface area contributed by atoms with Crippen molar-refractivity contribution in [3.8, 4) is 0 Å². The van der Waals surface area contributed by atoms with Crippen molar-refractivity contribution < 1.29 is 14.3 Å². The molecule has 1 aliphatic rings. The first-order valence-corrected chi connectivity index (χ1v) is 4.88. The summed E-state index contributed by atoms with van der Waals surface area (Å²) in [5.74, 6) is -0.440. The minimum atomic E-state index is -0.533. The number of hydrogen-bond donors (Lipinski definition) is 0. The van der Waals surface area contributed by atoms with Gasteiger partial charge < -0.3 is 9.47 Å². The van der Waals surface area contributed by atoms with Crippen molar-refractivity contribution in [1.29, 1.82) is 0 Å². The minimum absolute atomic E-state index is 0.0821. The highest BCUT2D eigenvalue weighted by atomic mass is 16.6. The van der Waals surface area contributed by atoms with Crippen molar-refractivity contribution in [2.75, 3.05) is 0 Å². The van der Waals surface area contributed by atoms with Gasteiger partial charge in [-0.1, -0.05) is 24.8 Å². The molecular formula is C12H16O3. The molecule has 0 bridgehead atoms. The van der Waals surface area contributed by atoms with Crippen LogP contribution in [0, 0.1) is 0 Å². The Balaban J connectivity index is 2.70. The van der Waals surface area contributed by atoms with Crippen LogP contribution < -0.4 is 0 Å². The second-order valence-electron chi connectivity index (χ2n) is 3.41. The van der Waals surface area contributed by atoms with Crippen LogP contribution in [0.25, 0.3) is 0 Å². The molecule has 3 unspecified atom stereocenters. The van der Waals surface area contributed by atoms with Gasteiger partial charge in [-0.2, -0.15) is 0 Å². The Morgan fingerprint density at radius 2 is 2.27 bits per heavy atom. The molecule has 1 aliphatic heterocycles. The Kier molecular flexibility index (Phi) is 3.48. The zero-order chi connectivity index (χ0) is 11.5. The highest BCUT2D eigenvalue weighted by Gasteiger charge is 2.58. The fraction of sp³-hybridized carbons (Fsp3) is 0.417. The monoisotopic (exact) mass is 208 g/mol. The summed E-state index contributed by atoms with van der Waals surface area (Å²) in [5, 5.41) is 0. The van der Waals surface area contributed by atoms with Gasteiger partial charge in [0, 0.05) is 6.08 Å². The summed E-state index contributed by atoms with van der Waals surface area (Å²) < 4.78 is 10.6. The smallest absolute Gasteiger partial charge is 0.330 e. The van der Waals surface area contributed by atoms with Gasteiger partial charge in [0.25, 0.3) is 0 Å². The largest absolute Gasteiger partial charge is 0.456 e. The molecule has 3 nitrogen and oxygen atoms in total. The number of ether oxygens (including phenoxy) is 2. The van der Waals surface area contributed by atoms with Gasteiger partial charge in [-0.3, -0.25) is 0 Å². The molecule has 0 aliphatic carbocycles. The van der Waals surface area contributed by atoms with Crippen molar-refractivity contribution >= 4 is 5.97 Å². The van der Waals surface area contributed by atoms with Crippen LogP contribution in [0.2, 0.25) is 0 Å². The summed E-state index contributed by atoms with van der Waals surface area (Å²) in [5.41, 5.74) is -0.533. The predicted octanol–water partition coefficient (Wildman–Crippen LogP) is 2.00. The lowest BCUT2D eigenvalue weighted by Gasteiger charge is -2.17. The molecule has 1 saturated heterocycles. The lowest BCUT2D eigenvalue weighted by molar-refractivity contribution is -0.144. The van der Waals surface area contributed by atoms with E-state index in [1.54, 1.807) is 13.0 Å². The Morgan fingerprint density at radius 1 is 1.60 bits per heavy atom. The molecule has 0 spiro atoms. The maximum Gasteiger partial charge on any atom is 0.330 e. The fourth-order valence-corrected chi connectivity index (χ4v) is 1.59. The molecule has 0 aromatic heterocycles. The maximum atomic E-state index is 11.1. The van der Waals surface area contributed by atoms with Crippen LogP contribution in [0.15, 0.2) is 37.5 Å². The van der Waals surface area contributed by atoms with Crippen molar-refractivity contribution in [1.82, 2.24) is 0 Å². The zero-order valence-corrected chi connectivity index (χ0v) is 9.10. The average Bonchev–Trinajstić information content (AvgIpc) is 2.93. The first-order valence-electron chi connectivity index (χ1n) is 4.88. The van der Waals surface area contributed by atoms with Crippen LogP contribution in [0.3, 0.4) is 0 Å². The second-order valence-corrected chi connectivity index (χ2v) is 3.41. The Labute approximate surface area is 90.1 Å². The highest BCUT2D eigenvalue weighted by molar-refractivity contribution is 5.81. The molecular weight excluding hydrogens is 192 g/mol. The molecule has 0 saturated carbocycles. The van der Waals surface area contributed by atoms with E-state index in [1.807, 2.05) is 19.1 Å². The molecule has 15 heavy (non-hydrogen) atoms. The molecule has 3 heteroatoms. The van der Waals surface area contributed by atoms with E-state index in [0.717, 1.165) is 6.08 Å². The van der Waals surface area contributed by atoms with Gasteiger partial charge in [-0.25, -0.2) is 4.79 Å². The van der Waals surface area contributed by atoms with Crippen LogP contribution in [-0.4, -0.2) is 23.8 Å². The van der Waals surface area contributed by atoms with E-state index in [0.29, 0.717) is 0 Å². The van der Waals surface area contributed by atoms with Gasteiger partial charge in [0.05, 0.1) is 0 Å². The van der Waals surface area contributed by atoms with E-state index < -0.39 is 11.6 Å². The third-order valence-electron chi connectivity index (χ3n) is 2.45. The normalized spacial score (nSPS) is 30.9. The van der Waals surface area contributed by atoms with Gasteiger partial charge >= 0.3 is 5.97 Å². The quantitative estimate of drug-likeness (QED) is 0.300. The molecule has 3 atom stereocenters. The molecule has 0 radical (unpaired) electrons. The standard InChI is InChI=1S/C12H16O3/c1-5-8-12(10(6-2)15-12)9(4)14-11(13)7-3/h5-10H,2-3H2,1,4H3/b8-5+. The highest BCUT2D eigenvalue weighted by Crippen LogP contribution is 2.43. The molecule has 0 amide bonds. The predicted molar refractivity (Wildman–Crippen MR) is 58.4 cm³/mol. The van der Waals surface area contributed by atoms with E-state index in [4.69, 9.17) is 9.47 Å². The van der Waals surface area contributed by atoms with Crippen LogP contribution in [0.5, 0.6) is 0 Å². The van der Waals surface area contributed by atoms with E-state index in [2.05, 4.69) is 13.2 Å². The number of epoxide rings is 1. The summed E-state index contributed by atoms with van der Waals surface area (Å²) >= 11 is 0.